The Labute approximate surface area is 294 Å². The molecule has 0 spiro atoms. The third kappa shape index (κ3) is 4.96. The van der Waals surface area contributed by atoms with Crippen LogP contribution in [0.15, 0.2) is 191 Å². The number of anilines is 3. The van der Waals surface area contributed by atoms with Crippen molar-refractivity contribution in [1.29, 1.82) is 0 Å². The average Bonchev–Trinajstić information content (AvgIpc) is 3.81. The molecule has 0 bridgehead atoms. The number of oxazole rings is 1. The minimum Gasteiger partial charge on any atom is -0.454 e. The minimum absolute atomic E-state index is 0.574. The van der Waals surface area contributed by atoms with E-state index in [1.54, 1.807) is 0 Å². The molecule has 0 radical (unpaired) electrons. The smallest absolute Gasteiger partial charge is 0.228 e. The van der Waals surface area contributed by atoms with E-state index >= 15 is 0 Å². The Kier molecular flexibility index (Phi) is 6.78. The number of rotatable bonds is 6. The van der Waals surface area contributed by atoms with Crippen molar-refractivity contribution in [2.75, 3.05) is 4.90 Å². The lowest BCUT2D eigenvalue weighted by molar-refractivity contribution is 0.620. The summed E-state index contributed by atoms with van der Waals surface area (Å²) in [5.41, 5.74) is 11.7. The Morgan fingerprint density at radius 2 is 1.06 bits per heavy atom. The molecule has 2 heterocycles. The van der Waals surface area contributed by atoms with E-state index in [0.717, 1.165) is 72.4 Å². The number of fused-ring (bicyclic) bond motifs is 5. The van der Waals surface area contributed by atoms with Gasteiger partial charge in [0.15, 0.2) is 11.2 Å². The van der Waals surface area contributed by atoms with Crippen LogP contribution in [0.3, 0.4) is 0 Å². The molecule has 0 saturated heterocycles. The number of furan rings is 1. The summed E-state index contributed by atoms with van der Waals surface area (Å²) >= 11 is 0. The lowest BCUT2D eigenvalue weighted by Crippen LogP contribution is -2.10. The van der Waals surface area contributed by atoms with Crippen LogP contribution in [0.4, 0.5) is 17.1 Å². The summed E-state index contributed by atoms with van der Waals surface area (Å²) in [6, 6.07) is 63.4. The maximum absolute atomic E-state index is 6.82. The van der Waals surface area contributed by atoms with E-state index < -0.39 is 0 Å². The van der Waals surface area contributed by atoms with Crippen molar-refractivity contribution in [3.63, 3.8) is 0 Å². The highest BCUT2D eigenvalue weighted by molar-refractivity contribution is 6.15. The SMILES string of the molecule is c1ccc(-c2cccc(N(c3cccc(-c4cccc5ccccc45)c3)c3cccc4c3oc3cccc(-c5nc6ccccc6o5)c34)c2)cc1. The van der Waals surface area contributed by atoms with Gasteiger partial charge < -0.3 is 13.7 Å². The zero-order chi connectivity index (χ0) is 33.7. The summed E-state index contributed by atoms with van der Waals surface area (Å²) in [4.78, 5) is 7.16. The monoisotopic (exact) mass is 654 g/mol. The van der Waals surface area contributed by atoms with Gasteiger partial charge in [-0.15, -0.1) is 0 Å². The number of hydrogen-bond acceptors (Lipinski definition) is 4. The fourth-order valence-electron chi connectivity index (χ4n) is 7.35. The third-order valence-corrected chi connectivity index (χ3v) is 9.68. The zero-order valence-electron chi connectivity index (χ0n) is 27.5. The van der Waals surface area contributed by atoms with Crippen LogP contribution in [-0.2, 0) is 0 Å². The van der Waals surface area contributed by atoms with Crippen LogP contribution in [0, 0.1) is 0 Å². The van der Waals surface area contributed by atoms with Crippen LogP contribution in [0.25, 0.3) is 77.5 Å². The van der Waals surface area contributed by atoms with Crippen LogP contribution < -0.4 is 4.90 Å². The number of para-hydroxylation sites is 3. The van der Waals surface area contributed by atoms with E-state index in [1.165, 1.54) is 16.3 Å². The quantitative estimate of drug-likeness (QED) is 0.179. The van der Waals surface area contributed by atoms with E-state index in [0.29, 0.717) is 5.89 Å². The molecule has 0 aliphatic rings. The Balaban J connectivity index is 1.20. The van der Waals surface area contributed by atoms with Gasteiger partial charge in [-0.25, -0.2) is 4.98 Å². The topological polar surface area (TPSA) is 42.4 Å². The Bertz CT molecular complexity index is 2850. The Morgan fingerprint density at radius 1 is 0.431 bits per heavy atom. The zero-order valence-corrected chi connectivity index (χ0v) is 27.5. The van der Waals surface area contributed by atoms with Crippen molar-refractivity contribution in [3.8, 4) is 33.7 Å². The molecule has 240 valence electrons. The molecule has 4 nitrogen and oxygen atoms in total. The molecule has 0 atom stereocenters. The van der Waals surface area contributed by atoms with Crippen LogP contribution >= 0.6 is 0 Å². The average molecular weight is 655 g/mol. The van der Waals surface area contributed by atoms with Gasteiger partial charge in [0.25, 0.3) is 0 Å². The van der Waals surface area contributed by atoms with Crippen molar-refractivity contribution in [3.05, 3.63) is 182 Å². The van der Waals surface area contributed by atoms with Crippen molar-refractivity contribution >= 4 is 60.9 Å². The molecule has 0 N–H and O–H groups in total. The molecule has 0 aliphatic carbocycles. The van der Waals surface area contributed by atoms with Gasteiger partial charge in [0, 0.05) is 27.7 Å². The van der Waals surface area contributed by atoms with Gasteiger partial charge in [-0.2, -0.15) is 0 Å². The lowest BCUT2D eigenvalue weighted by atomic mass is 9.97. The second-order valence-corrected chi connectivity index (χ2v) is 12.8. The molecule has 8 aromatic carbocycles. The van der Waals surface area contributed by atoms with Crippen LogP contribution in [0.5, 0.6) is 0 Å². The second-order valence-electron chi connectivity index (χ2n) is 12.8. The van der Waals surface area contributed by atoms with Crippen LogP contribution in [0.1, 0.15) is 0 Å². The molecule has 0 unspecified atom stereocenters. The molecule has 2 aromatic heterocycles. The first-order valence-electron chi connectivity index (χ1n) is 17.1. The summed E-state index contributed by atoms with van der Waals surface area (Å²) in [6.07, 6.45) is 0. The van der Waals surface area contributed by atoms with E-state index in [-0.39, 0.29) is 0 Å². The van der Waals surface area contributed by atoms with E-state index in [9.17, 15) is 0 Å². The molecule has 0 fully saturated rings. The fraction of sp³-hybridized carbons (Fsp3) is 0. The number of hydrogen-bond donors (Lipinski definition) is 0. The fourth-order valence-corrected chi connectivity index (χ4v) is 7.35. The lowest BCUT2D eigenvalue weighted by Gasteiger charge is -2.26. The van der Waals surface area contributed by atoms with Crippen LogP contribution in [0.2, 0.25) is 0 Å². The standard InChI is InChI=1S/C47H30N2O2/c1-2-13-31(14-3-1)33-17-8-19-35(29-33)49(36-20-9-18-34(30-36)38-22-10-16-32-15-4-5-21-37(32)38)42-26-11-23-39-45-40(24-12-28-44(45)50-46(39)42)47-48-41-25-6-7-27-43(41)51-47/h1-30H. The number of benzene rings is 8. The maximum atomic E-state index is 6.82. The minimum atomic E-state index is 0.574. The molecule has 51 heavy (non-hydrogen) atoms. The Hall–Kier alpha value is -6.91. The summed E-state index contributed by atoms with van der Waals surface area (Å²) in [5.74, 6) is 0.574. The molecule has 4 heteroatoms. The summed E-state index contributed by atoms with van der Waals surface area (Å²) in [7, 11) is 0. The molecular weight excluding hydrogens is 625 g/mol. The molecule has 0 aliphatic heterocycles. The first-order chi connectivity index (χ1) is 25.3. The maximum Gasteiger partial charge on any atom is 0.228 e. The van der Waals surface area contributed by atoms with Gasteiger partial charge in [-0.1, -0.05) is 127 Å². The third-order valence-electron chi connectivity index (χ3n) is 9.68. The van der Waals surface area contributed by atoms with E-state index in [4.69, 9.17) is 13.8 Å². The van der Waals surface area contributed by atoms with Gasteiger partial charge in [0.1, 0.15) is 11.1 Å². The first-order valence-corrected chi connectivity index (χ1v) is 17.1. The molecule has 0 saturated carbocycles. The normalized spacial score (nSPS) is 11.5. The predicted molar refractivity (Wildman–Crippen MR) is 210 cm³/mol. The molecule has 10 aromatic rings. The molecular formula is C47H30N2O2. The molecule has 0 amide bonds. The van der Waals surface area contributed by atoms with Gasteiger partial charge in [-0.3, -0.25) is 0 Å². The first kappa shape index (κ1) is 29.0. The van der Waals surface area contributed by atoms with E-state index in [2.05, 4.69) is 150 Å². The van der Waals surface area contributed by atoms with Gasteiger partial charge in [0.05, 0.1) is 5.69 Å². The highest BCUT2D eigenvalue weighted by atomic mass is 16.3. The van der Waals surface area contributed by atoms with E-state index in [1.807, 2.05) is 36.4 Å². The number of nitrogens with zero attached hydrogens (tertiary/aromatic N) is 2. The highest BCUT2D eigenvalue weighted by Gasteiger charge is 2.23. The predicted octanol–water partition coefficient (Wildman–Crippen LogP) is 13.4. The van der Waals surface area contributed by atoms with Crippen molar-refractivity contribution in [2.45, 2.75) is 0 Å². The molecule has 10 rings (SSSR count). The van der Waals surface area contributed by atoms with Gasteiger partial charge in [-0.05, 0) is 87.6 Å². The Morgan fingerprint density at radius 3 is 1.94 bits per heavy atom. The summed E-state index contributed by atoms with van der Waals surface area (Å²) in [6.45, 7) is 0. The van der Waals surface area contributed by atoms with Crippen molar-refractivity contribution < 1.29 is 8.83 Å². The highest BCUT2D eigenvalue weighted by Crippen LogP contribution is 2.46. The summed E-state index contributed by atoms with van der Waals surface area (Å²) < 4.78 is 13.1. The van der Waals surface area contributed by atoms with Gasteiger partial charge in [0.2, 0.25) is 5.89 Å². The number of aromatic nitrogens is 1. The largest absolute Gasteiger partial charge is 0.454 e. The van der Waals surface area contributed by atoms with Crippen molar-refractivity contribution in [1.82, 2.24) is 4.98 Å². The second kappa shape index (κ2) is 11.9. The van der Waals surface area contributed by atoms with Crippen LogP contribution in [-0.4, -0.2) is 4.98 Å². The van der Waals surface area contributed by atoms with Crippen molar-refractivity contribution in [2.24, 2.45) is 0 Å². The van der Waals surface area contributed by atoms with Gasteiger partial charge >= 0.3 is 0 Å². The summed E-state index contributed by atoms with van der Waals surface area (Å²) in [5, 5.41) is 4.41.